The predicted octanol–water partition coefficient (Wildman–Crippen LogP) is 4.65. The lowest BCUT2D eigenvalue weighted by molar-refractivity contribution is 0.967. The van der Waals surface area contributed by atoms with Crippen LogP contribution in [0.1, 0.15) is 11.8 Å². The molecule has 4 rings (SSSR count). The third kappa shape index (κ3) is 1.72. The molecule has 0 fully saturated rings. The number of nitrogens with zero attached hydrogens (tertiary/aromatic N) is 3. The maximum absolute atomic E-state index is 4.64. The first-order chi connectivity index (χ1) is 10.3. The summed E-state index contributed by atoms with van der Waals surface area (Å²) in [7, 11) is 0. The Kier molecular flexibility index (Phi) is 2.79. The number of thiophene rings is 1. The summed E-state index contributed by atoms with van der Waals surface area (Å²) in [4.78, 5) is 12.8. The van der Waals surface area contributed by atoms with Gasteiger partial charge in [0.1, 0.15) is 11.6 Å². The normalized spacial score (nSPS) is 12.4. The molecule has 0 radical (unpaired) electrons. The molecule has 0 spiro atoms. The minimum absolute atomic E-state index is 0.848. The van der Waals surface area contributed by atoms with Crippen LogP contribution in [0.4, 0.5) is 11.6 Å². The van der Waals surface area contributed by atoms with E-state index in [9.17, 15) is 0 Å². The number of fused-ring (bicyclic) bond motifs is 5. The van der Waals surface area contributed by atoms with Crippen molar-refractivity contribution in [3.8, 4) is 22.3 Å². The van der Waals surface area contributed by atoms with Gasteiger partial charge in [0.2, 0.25) is 0 Å². The zero-order valence-corrected chi connectivity index (χ0v) is 12.8. The maximum atomic E-state index is 4.64. The van der Waals surface area contributed by atoms with Gasteiger partial charge in [-0.1, -0.05) is 0 Å². The molecule has 0 aliphatic carbocycles. The smallest absolute Gasteiger partial charge is 0.142 e. The van der Waals surface area contributed by atoms with Crippen molar-refractivity contribution < 1.29 is 0 Å². The third-order valence-corrected chi connectivity index (χ3v) is 4.85. The minimum Gasteiger partial charge on any atom is -0.310 e. The van der Waals surface area contributed by atoms with Crippen LogP contribution in [0.15, 0.2) is 42.0 Å². The number of pyridine rings is 2. The maximum Gasteiger partial charge on any atom is 0.142 e. The van der Waals surface area contributed by atoms with Crippen LogP contribution < -0.4 is 4.90 Å². The number of aromatic nitrogens is 2. The molecule has 104 valence electrons. The molecular weight excluding hydrogens is 278 g/mol. The zero-order chi connectivity index (χ0) is 14.4. The van der Waals surface area contributed by atoms with Gasteiger partial charge in [0.15, 0.2) is 0 Å². The van der Waals surface area contributed by atoms with E-state index < -0.39 is 0 Å². The van der Waals surface area contributed by atoms with E-state index >= 15 is 0 Å². The van der Waals surface area contributed by atoms with Crippen LogP contribution in [0.2, 0.25) is 0 Å². The average molecular weight is 293 g/mol. The number of aryl methyl sites for hydroxylation is 1. The minimum atomic E-state index is 0.848. The van der Waals surface area contributed by atoms with Crippen molar-refractivity contribution in [2.45, 2.75) is 13.8 Å². The highest BCUT2D eigenvalue weighted by Crippen LogP contribution is 2.48. The van der Waals surface area contributed by atoms with Gasteiger partial charge in [0.05, 0.1) is 0 Å². The van der Waals surface area contributed by atoms with E-state index in [1.165, 1.54) is 27.1 Å². The lowest BCUT2D eigenvalue weighted by Gasteiger charge is -2.22. The Balaban J connectivity index is 2.16. The Morgan fingerprint density at radius 2 is 1.67 bits per heavy atom. The van der Waals surface area contributed by atoms with Crippen molar-refractivity contribution in [3.05, 3.63) is 46.9 Å². The van der Waals surface area contributed by atoms with E-state index in [-0.39, 0.29) is 0 Å². The molecule has 3 aromatic heterocycles. The van der Waals surface area contributed by atoms with E-state index in [1.54, 1.807) is 11.3 Å². The largest absolute Gasteiger partial charge is 0.310 e. The highest BCUT2D eigenvalue weighted by Gasteiger charge is 2.27. The van der Waals surface area contributed by atoms with Gasteiger partial charge in [-0.15, -0.1) is 11.3 Å². The lowest BCUT2D eigenvalue weighted by atomic mass is 9.99. The fourth-order valence-electron chi connectivity index (χ4n) is 3.02. The van der Waals surface area contributed by atoms with Crippen molar-refractivity contribution in [1.29, 1.82) is 0 Å². The van der Waals surface area contributed by atoms with E-state index in [4.69, 9.17) is 0 Å². The molecular formula is C17H15N3S. The Hall–Kier alpha value is -2.20. The van der Waals surface area contributed by atoms with Crippen LogP contribution in [-0.2, 0) is 0 Å². The number of anilines is 2. The molecule has 0 saturated carbocycles. The number of rotatable bonds is 1. The first-order valence-corrected chi connectivity index (χ1v) is 7.95. The third-order valence-electron chi connectivity index (χ3n) is 3.94. The summed E-state index contributed by atoms with van der Waals surface area (Å²) in [6.45, 7) is 5.17. The van der Waals surface area contributed by atoms with E-state index in [1.807, 2.05) is 24.5 Å². The highest BCUT2D eigenvalue weighted by atomic mass is 32.1. The molecule has 0 saturated heterocycles. The SMILES string of the molecule is CCN1c2ncccc2-c2csc(C)c2-c2cccnc21. The second-order valence-electron chi connectivity index (χ2n) is 5.07. The first kappa shape index (κ1) is 12.5. The second kappa shape index (κ2) is 4.67. The fourth-order valence-corrected chi connectivity index (χ4v) is 3.89. The molecule has 0 N–H and O–H groups in total. The van der Waals surface area contributed by atoms with Gasteiger partial charge >= 0.3 is 0 Å². The summed E-state index contributed by atoms with van der Waals surface area (Å²) in [5, 5.41) is 2.24. The standard InChI is InChI=1S/C17H15N3S/c1-3-20-16-12(6-4-8-18-16)14-10-21-11(2)15(14)13-7-5-9-19-17(13)20/h4-10H,3H2,1-2H3. The summed E-state index contributed by atoms with van der Waals surface area (Å²) >= 11 is 1.79. The molecule has 0 amide bonds. The quantitative estimate of drug-likeness (QED) is 0.654. The Morgan fingerprint density at radius 3 is 2.38 bits per heavy atom. The molecule has 1 aliphatic heterocycles. The van der Waals surface area contributed by atoms with Gasteiger partial charge in [0, 0.05) is 46.1 Å². The van der Waals surface area contributed by atoms with E-state index in [0.717, 1.165) is 18.2 Å². The molecule has 0 unspecified atom stereocenters. The topological polar surface area (TPSA) is 29.0 Å². The highest BCUT2D eigenvalue weighted by molar-refractivity contribution is 7.11. The molecule has 4 heterocycles. The average Bonchev–Trinajstić information content (AvgIpc) is 2.85. The van der Waals surface area contributed by atoms with Crippen LogP contribution in [-0.4, -0.2) is 16.5 Å². The van der Waals surface area contributed by atoms with Crippen LogP contribution in [0, 0.1) is 6.92 Å². The molecule has 4 heteroatoms. The van der Waals surface area contributed by atoms with Crippen molar-refractivity contribution in [2.24, 2.45) is 0 Å². The van der Waals surface area contributed by atoms with E-state index in [0.29, 0.717) is 0 Å². The fraction of sp³-hybridized carbons (Fsp3) is 0.176. The molecule has 0 bridgehead atoms. The van der Waals surface area contributed by atoms with Crippen LogP contribution >= 0.6 is 11.3 Å². The van der Waals surface area contributed by atoms with Crippen LogP contribution in [0.5, 0.6) is 0 Å². The molecule has 0 aromatic carbocycles. The van der Waals surface area contributed by atoms with Gasteiger partial charge in [-0.2, -0.15) is 0 Å². The molecule has 3 aromatic rings. The number of hydrogen-bond acceptors (Lipinski definition) is 4. The lowest BCUT2D eigenvalue weighted by Crippen LogP contribution is -2.19. The van der Waals surface area contributed by atoms with Gasteiger partial charge < -0.3 is 4.90 Å². The molecule has 0 atom stereocenters. The molecule has 21 heavy (non-hydrogen) atoms. The van der Waals surface area contributed by atoms with Crippen LogP contribution in [0.25, 0.3) is 22.3 Å². The summed E-state index contributed by atoms with van der Waals surface area (Å²) in [6, 6.07) is 8.33. The summed E-state index contributed by atoms with van der Waals surface area (Å²) in [5.41, 5.74) is 4.96. The van der Waals surface area contributed by atoms with Crippen molar-refractivity contribution in [1.82, 2.24) is 9.97 Å². The summed E-state index contributed by atoms with van der Waals surface area (Å²) in [6.07, 6.45) is 3.71. The Morgan fingerprint density at radius 1 is 1.00 bits per heavy atom. The first-order valence-electron chi connectivity index (χ1n) is 7.07. The van der Waals surface area contributed by atoms with E-state index in [2.05, 4.69) is 46.2 Å². The van der Waals surface area contributed by atoms with Crippen molar-refractivity contribution >= 4 is 23.0 Å². The predicted molar refractivity (Wildman–Crippen MR) is 88.2 cm³/mol. The van der Waals surface area contributed by atoms with Crippen LogP contribution in [0.3, 0.4) is 0 Å². The second-order valence-corrected chi connectivity index (χ2v) is 6.16. The Bertz CT molecular complexity index is 822. The molecule has 3 nitrogen and oxygen atoms in total. The summed E-state index contributed by atoms with van der Waals surface area (Å²) < 4.78 is 0. The monoisotopic (exact) mass is 293 g/mol. The van der Waals surface area contributed by atoms with Gasteiger partial charge in [-0.05, 0) is 43.5 Å². The van der Waals surface area contributed by atoms with Crippen molar-refractivity contribution in [2.75, 3.05) is 11.4 Å². The Labute approximate surface area is 127 Å². The van der Waals surface area contributed by atoms with Gasteiger partial charge in [0.25, 0.3) is 0 Å². The van der Waals surface area contributed by atoms with Gasteiger partial charge in [-0.3, -0.25) is 0 Å². The zero-order valence-electron chi connectivity index (χ0n) is 12.0. The number of hydrogen-bond donors (Lipinski definition) is 0. The molecule has 1 aliphatic rings. The summed E-state index contributed by atoms with van der Waals surface area (Å²) in [5.74, 6) is 2.00. The van der Waals surface area contributed by atoms with Crippen molar-refractivity contribution in [3.63, 3.8) is 0 Å². The van der Waals surface area contributed by atoms with Gasteiger partial charge in [-0.25, -0.2) is 9.97 Å².